The van der Waals surface area contributed by atoms with Crippen LogP contribution in [0.2, 0.25) is 0 Å². The van der Waals surface area contributed by atoms with Crippen molar-refractivity contribution in [3.63, 3.8) is 0 Å². The van der Waals surface area contributed by atoms with E-state index in [0.29, 0.717) is 83.7 Å². The van der Waals surface area contributed by atoms with E-state index in [-0.39, 0.29) is 54.8 Å². The van der Waals surface area contributed by atoms with E-state index in [1.165, 1.54) is 18.7 Å². The number of aldehydes is 1. The number of hydrogen-bond donors (Lipinski definition) is 6. The lowest BCUT2D eigenvalue weighted by Gasteiger charge is -2.34. The molecule has 17 heteroatoms. The summed E-state index contributed by atoms with van der Waals surface area (Å²) >= 11 is 0. The van der Waals surface area contributed by atoms with Crippen molar-refractivity contribution in [2.75, 3.05) is 19.6 Å². The van der Waals surface area contributed by atoms with E-state index in [4.69, 9.17) is 0 Å². The molecule has 0 aromatic rings. The van der Waals surface area contributed by atoms with Crippen LogP contribution >= 0.6 is 0 Å². The van der Waals surface area contributed by atoms with Gasteiger partial charge in [-0.05, 0) is 98.4 Å². The average Bonchev–Trinajstić information content (AvgIpc) is 3.88. The van der Waals surface area contributed by atoms with Gasteiger partial charge in [0.2, 0.25) is 11.8 Å². The number of carbonyl (C=O) groups is 9. The highest BCUT2D eigenvalue weighted by molar-refractivity contribution is 5.97. The van der Waals surface area contributed by atoms with Gasteiger partial charge in [-0.25, -0.2) is 0 Å². The first-order valence-corrected chi connectivity index (χ1v) is 21.3. The fourth-order valence-corrected chi connectivity index (χ4v) is 8.30. The highest BCUT2D eigenvalue weighted by Gasteiger charge is 2.42. The zero-order valence-corrected chi connectivity index (χ0v) is 36.4. The Morgan fingerprint density at radius 3 is 1.46 bits per heavy atom. The summed E-state index contributed by atoms with van der Waals surface area (Å²) in [4.78, 5) is 118. The third kappa shape index (κ3) is 15.2. The molecule has 2 fully saturated rings. The van der Waals surface area contributed by atoms with Crippen molar-refractivity contribution in [1.82, 2.24) is 31.1 Å². The van der Waals surface area contributed by atoms with Gasteiger partial charge in [-0.2, -0.15) is 0 Å². The van der Waals surface area contributed by atoms with Crippen LogP contribution in [0.3, 0.4) is 0 Å². The number of Topliss-reactive ketones (excluding diaryl/α,β-unsaturated/α-hetero) is 4. The number of carboxylic acids is 2. The maximum atomic E-state index is 14.0. The Kier molecular flexibility index (Phi) is 20.6. The molecule has 2 aliphatic rings. The number of hydrogen-bond acceptors (Lipinski definition) is 13. The second-order valence-corrected chi connectivity index (χ2v) is 17.1. The van der Waals surface area contributed by atoms with Crippen LogP contribution in [0.15, 0.2) is 0 Å². The third-order valence-electron chi connectivity index (χ3n) is 11.7. The smallest absolute Gasteiger partial charge is 0.303 e. The van der Waals surface area contributed by atoms with E-state index >= 15 is 0 Å². The van der Waals surface area contributed by atoms with Crippen molar-refractivity contribution in [2.24, 2.45) is 0 Å². The average molecular weight is 835 g/mol. The van der Waals surface area contributed by atoms with E-state index in [1.54, 1.807) is 46.4 Å². The van der Waals surface area contributed by atoms with E-state index in [1.807, 2.05) is 0 Å². The Hall–Kier alpha value is -3.93. The number of nitrogens with zero attached hydrogens (tertiary/aromatic N) is 2. The molecule has 17 nitrogen and oxygen atoms in total. The molecule has 7 atom stereocenters. The number of amides is 2. The summed E-state index contributed by atoms with van der Waals surface area (Å²) in [5.41, 5.74) is -2.42. The molecule has 2 saturated heterocycles. The van der Waals surface area contributed by atoms with Gasteiger partial charge in [0.05, 0.1) is 53.4 Å². The zero-order valence-electron chi connectivity index (χ0n) is 36.4. The quantitative estimate of drug-likeness (QED) is 0.0466. The lowest BCUT2D eigenvalue weighted by Crippen LogP contribution is -2.60. The molecule has 7 unspecified atom stereocenters. The first-order valence-electron chi connectivity index (χ1n) is 21.3. The lowest BCUT2D eigenvalue weighted by atomic mass is 9.88. The third-order valence-corrected chi connectivity index (χ3v) is 11.7. The summed E-state index contributed by atoms with van der Waals surface area (Å²) in [5.74, 6) is -3.74. The highest BCUT2D eigenvalue weighted by atomic mass is 16.4. The molecule has 0 aromatic carbocycles. The molecule has 2 rings (SSSR count). The molecule has 0 radical (unpaired) electrons. The van der Waals surface area contributed by atoms with Crippen LogP contribution in [0.4, 0.5) is 0 Å². The standard InChI is InChI=1S/C42H70N6O11/c1-9-29(37(56)33-16-13-23-47(33)26(3)50)44-31(18-20-35(52)53)39(58)41(5,6)43-22-12-11-15-28(25-49)46-42(7,8)40(59)32(19-21-36(54)55)45-30(10-2)38(57)34-17-14-24-48(34)27(4)51/h25,28-34,43-46H,9-24H2,1-8H3,(H,52,53)(H,54,55). The van der Waals surface area contributed by atoms with E-state index in [9.17, 15) is 53.4 Å². The molecule has 6 N–H and O–H groups in total. The van der Waals surface area contributed by atoms with Crippen molar-refractivity contribution in [1.29, 1.82) is 0 Å². The number of carbonyl (C=O) groups excluding carboxylic acids is 7. The molecular formula is C42H70N6O11. The fraction of sp³-hybridized carbons (Fsp3) is 0.786. The fourth-order valence-electron chi connectivity index (χ4n) is 8.30. The van der Waals surface area contributed by atoms with Gasteiger partial charge in [0.15, 0.2) is 23.1 Å². The maximum absolute atomic E-state index is 14.0. The van der Waals surface area contributed by atoms with Crippen molar-refractivity contribution in [3.05, 3.63) is 0 Å². The number of ketones is 4. The SMILES string of the molecule is CCC(NC(CCC(=O)O)C(=O)C(C)(C)NCCCCC(C=O)NC(C)(C)C(=O)C(CCC(=O)O)NC(CC)C(=O)C1CCCN1C(C)=O)C(=O)C1CCCN1C(C)=O. The van der Waals surface area contributed by atoms with Gasteiger partial charge in [0, 0.05) is 39.8 Å². The Balaban J connectivity index is 2.05. The first kappa shape index (κ1) is 51.2. The molecule has 0 aliphatic carbocycles. The van der Waals surface area contributed by atoms with Crippen molar-refractivity contribution in [3.8, 4) is 0 Å². The van der Waals surface area contributed by atoms with Gasteiger partial charge in [-0.1, -0.05) is 20.3 Å². The Bertz CT molecular complexity index is 1520. The lowest BCUT2D eigenvalue weighted by molar-refractivity contribution is -0.139. The monoisotopic (exact) mass is 835 g/mol. The van der Waals surface area contributed by atoms with Crippen molar-refractivity contribution >= 4 is 53.2 Å². The molecule has 59 heavy (non-hydrogen) atoms. The normalized spacial score (nSPS) is 19.7. The summed E-state index contributed by atoms with van der Waals surface area (Å²) in [7, 11) is 0. The topological polar surface area (TPSA) is 249 Å². The highest BCUT2D eigenvalue weighted by Crippen LogP contribution is 2.23. The molecule has 2 aliphatic heterocycles. The largest absolute Gasteiger partial charge is 0.481 e. The summed E-state index contributed by atoms with van der Waals surface area (Å²) in [5, 5.41) is 31.4. The summed E-state index contributed by atoms with van der Waals surface area (Å²) in [6.45, 7) is 14.3. The molecule has 334 valence electrons. The minimum absolute atomic E-state index is 0.0353. The second-order valence-electron chi connectivity index (χ2n) is 17.1. The Morgan fingerprint density at radius 1 is 0.661 bits per heavy atom. The van der Waals surface area contributed by atoms with Crippen LogP contribution in [-0.2, 0) is 43.2 Å². The van der Waals surface area contributed by atoms with Gasteiger partial charge in [0.1, 0.15) is 6.29 Å². The zero-order chi connectivity index (χ0) is 44.7. The molecular weight excluding hydrogens is 764 g/mol. The Labute approximate surface area is 348 Å². The van der Waals surface area contributed by atoms with Gasteiger partial charge >= 0.3 is 11.9 Å². The number of unbranched alkanes of at least 4 members (excludes halogenated alkanes) is 1. The number of aliphatic carboxylic acids is 2. The van der Waals surface area contributed by atoms with Crippen molar-refractivity contribution in [2.45, 2.75) is 192 Å². The van der Waals surface area contributed by atoms with Gasteiger partial charge in [-0.3, -0.25) is 54.3 Å². The van der Waals surface area contributed by atoms with Crippen LogP contribution < -0.4 is 21.3 Å². The summed E-state index contributed by atoms with van der Waals surface area (Å²) in [6.07, 6.45) is 4.43. The molecule has 2 amide bonds. The van der Waals surface area contributed by atoms with Gasteiger partial charge in [-0.15, -0.1) is 0 Å². The van der Waals surface area contributed by atoms with Gasteiger partial charge < -0.3 is 30.1 Å². The second kappa shape index (κ2) is 23.8. The maximum Gasteiger partial charge on any atom is 0.303 e. The van der Waals surface area contributed by atoms with E-state index < -0.39 is 71.1 Å². The van der Waals surface area contributed by atoms with Crippen LogP contribution in [0.25, 0.3) is 0 Å². The number of likely N-dealkylation sites (tertiary alicyclic amines) is 2. The Morgan fingerprint density at radius 2 is 1.08 bits per heavy atom. The molecule has 0 aromatic heterocycles. The van der Waals surface area contributed by atoms with Gasteiger partial charge in [0.25, 0.3) is 0 Å². The van der Waals surface area contributed by atoms with E-state index in [2.05, 4.69) is 21.3 Å². The summed E-state index contributed by atoms with van der Waals surface area (Å²) < 4.78 is 0. The van der Waals surface area contributed by atoms with Crippen molar-refractivity contribution < 1.29 is 53.4 Å². The van der Waals surface area contributed by atoms with Crippen LogP contribution in [0.1, 0.15) is 139 Å². The van der Waals surface area contributed by atoms with E-state index in [0.717, 1.165) is 0 Å². The minimum atomic E-state index is -1.30. The molecule has 0 saturated carbocycles. The summed E-state index contributed by atoms with van der Waals surface area (Å²) in [6, 6.07) is -5.48. The minimum Gasteiger partial charge on any atom is -0.481 e. The van der Waals surface area contributed by atoms with Crippen LogP contribution in [-0.4, -0.2) is 146 Å². The number of nitrogens with one attached hydrogen (secondary N) is 4. The predicted octanol–water partition coefficient (Wildman–Crippen LogP) is 1.96. The first-order chi connectivity index (χ1) is 27.6. The number of rotatable bonds is 29. The number of carboxylic acid groups (broad SMARTS) is 2. The van der Waals surface area contributed by atoms with Crippen LogP contribution in [0, 0.1) is 0 Å². The van der Waals surface area contributed by atoms with Crippen LogP contribution in [0.5, 0.6) is 0 Å². The molecule has 2 heterocycles. The molecule has 0 bridgehead atoms. The molecule has 0 spiro atoms. The predicted molar refractivity (Wildman–Crippen MR) is 220 cm³/mol.